The quantitative estimate of drug-likeness (QED) is 0.237. The minimum Gasteiger partial charge on any atom is -0.481 e. The van der Waals surface area contributed by atoms with Gasteiger partial charge in [-0.15, -0.1) is 0 Å². The van der Waals surface area contributed by atoms with E-state index in [9.17, 15) is 24.0 Å². The highest BCUT2D eigenvalue weighted by Gasteiger charge is 2.29. The summed E-state index contributed by atoms with van der Waals surface area (Å²) >= 11 is 0. The van der Waals surface area contributed by atoms with Gasteiger partial charge in [-0.25, -0.2) is 4.79 Å². The molecule has 0 radical (unpaired) electrons. The first-order chi connectivity index (χ1) is 11.4. The van der Waals surface area contributed by atoms with Gasteiger partial charge in [0.15, 0.2) is 0 Å². The van der Waals surface area contributed by atoms with Crippen molar-refractivity contribution in [1.29, 1.82) is 0 Å². The summed E-state index contributed by atoms with van der Waals surface area (Å²) in [5.41, 5.74) is 10.4. The number of nitrogens with two attached hydrogens (primary N) is 2. The Balaban J connectivity index is 5.08. The van der Waals surface area contributed by atoms with Crippen LogP contribution < -0.4 is 22.1 Å². The molecular weight excluding hydrogens is 336 g/mol. The molecule has 11 nitrogen and oxygen atoms in total. The summed E-state index contributed by atoms with van der Waals surface area (Å²) in [5, 5.41) is 22.1. The van der Waals surface area contributed by atoms with Crippen LogP contribution in [0, 0.1) is 5.92 Å². The predicted octanol–water partition coefficient (Wildman–Crippen LogP) is -2.24. The lowest BCUT2D eigenvalue weighted by atomic mass is 10.0. The molecule has 142 valence electrons. The summed E-state index contributed by atoms with van der Waals surface area (Å²) in [7, 11) is 0. The molecule has 3 atom stereocenters. The fraction of sp³-hybridized carbons (Fsp3) is 0.643. The monoisotopic (exact) mass is 360 g/mol. The number of nitrogens with one attached hydrogen (secondary N) is 2. The third-order valence-corrected chi connectivity index (χ3v) is 3.09. The van der Waals surface area contributed by atoms with Crippen molar-refractivity contribution >= 4 is 29.7 Å². The molecule has 0 aromatic heterocycles. The number of amides is 3. The van der Waals surface area contributed by atoms with E-state index in [0.717, 1.165) is 0 Å². The molecule has 0 aromatic rings. The third kappa shape index (κ3) is 9.25. The first kappa shape index (κ1) is 22.3. The van der Waals surface area contributed by atoms with E-state index in [-0.39, 0.29) is 12.3 Å². The second-order valence-electron chi connectivity index (χ2n) is 5.96. The van der Waals surface area contributed by atoms with Crippen molar-refractivity contribution in [2.45, 2.75) is 51.2 Å². The molecule has 25 heavy (non-hydrogen) atoms. The first-order valence-corrected chi connectivity index (χ1v) is 7.53. The Bertz CT molecular complexity index is 535. The SMILES string of the molecule is CC(C)CC(NC(=O)C(N)CC(=O)O)C(=O)NC(CC(N)=O)C(=O)O. The minimum absolute atomic E-state index is 0.0498. The van der Waals surface area contributed by atoms with Crippen molar-refractivity contribution in [2.24, 2.45) is 17.4 Å². The lowest BCUT2D eigenvalue weighted by Gasteiger charge is -2.23. The van der Waals surface area contributed by atoms with Crippen molar-refractivity contribution in [3.8, 4) is 0 Å². The van der Waals surface area contributed by atoms with Crippen LogP contribution in [0.4, 0.5) is 0 Å². The maximum absolute atomic E-state index is 12.3. The lowest BCUT2D eigenvalue weighted by Crippen LogP contribution is -2.55. The summed E-state index contributed by atoms with van der Waals surface area (Å²) in [5.74, 6) is -5.39. The Morgan fingerprint density at radius 2 is 1.44 bits per heavy atom. The van der Waals surface area contributed by atoms with E-state index in [0.29, 0.717) is 0 Å². The average Bonchev–Trinajstić information content (AvgIpc) is 2.43. The van der Waals surface area contributed by atoms with Gasteiger partial charge in [-0.3, -0.25) is 19.2 Å². The number of carbonyl (C=O) groups excluding carboxylic acids is 3. The highest BCUT2D eigenvalue weighted by molar-refractivity contribution is 5.94. The molecule has 0 fully saturated rings. The van der Waals surface area contributed by atoms with Crippen LogP contribution in [0.15, 0.2) is 0 Å². The molecular formula is C14H24N4O7. The number of aliphatic carboxylic acids is 2. The molecule has 11 heteroatoms. The Morgan fingerprint density at radius 3 is 1.84 bits per heavy atom. The molecule has 8 N–H and O–H groups in total. The molecule has 0 rings (SSSR count). The summed E-state index contributed by atoms with van der Waals surface area (Å²) in [4.78, 5) is 56.7. The van der Waals surface area contributed by atoms with E-state index in [1.807, 2.05) is 0 Å². The Morgan fingerprint density at radius 1 is 0.920 bits per heavy atom. The van der Waals surface area contributed by atoms with Crippen LogP contribution in [0.3, 0.4) is 0 Å². The van der Waals surface area contributed by atoms with Crippen LogP contribution in [0.25, 0.3) is 0 Å². The van der Waals surface area contributed by atoms with Crippen molar-refractivity contribution in [3.63, 3.8) is 0 Å². The third-order valence-electron chi connectivity index (χ3n) is 3.09. The van der Waals surface area contributed by atoms with Crippen LogP contribution in [0.2, 0.25) is 0 Å². The molecule has 3 unspecified atom stereocenters. The number of hydrogen-bond acceptors (Lipinski definition) is 6. The van der Waals surface area contributed by atoms with Gasteiger partial charge in [0.1, 0.15) is 12.1 Å². The topological polar surface area (TPSA) is 202 Å². The minimum atomic E-state index is -1.54. The zero-order valence-electron chi connectivity index (χ0n) is 14.0. The highest BCUT2D eigenvalue weighted by atomic mass is 16.4. The maximum Gasteiger partial charge on any atom is 0.326 e. The van der Waals surface area contributed by atoms with Crippen molar-refractivity contribution in [2.75, 3.05) is 0 Å². The van der Waals surface area contributed by atoms with Gasteiger partial charge in [0.2, 0.25) is 17.7 Å². The maximum atomic E-state index is 12.3. The zero-order chi connectivity index (χ0) is 19.7. The van der Waals surface area contributed by atoms with E-state index in [2.05, 4.69) is 10.6 Å². The smallest absolute Gasteiger partial charge is 0.326 e. The number of hydrogen-bond donors (Lipinski definition) is 6. The number of primary amides is 1. The van der Waals surface area contributed by atoms with Crippen molar-refractivity contribution in [1.82, 2.24) is 10.6 Å². The number of carbonyl (C=O) groups is 5. The van der Waals surface area contributed by atoms with Crippen LogP contribution in [-0.4, -0.2) is 58.0 Å². The average molecular weight is 360 g/mol. The Kier molecular flexibility index (Phi) is 9.13. The molecule has 3 amide bonds. The van der Waals surface area contributed by atoms with Gasteiger partial charge in [-0.1, -0.05) is 13.8 Å². The normalized spacial score (nSPS) is 14.2. The van der Waals surface area contributed by atoms with Gasteiger partial charge < -0.3 is 32.3 Å². The Hall–Kier alpha value is -2.69. The summed E-state index contributed by atoms with van der Waals surface area (Å²) < 4.78 is 0. The molecule has 0 aromatic carbocycles. The van der Waals surface area contributed by atoms with Gasteiger partial charge in [-0.05, 0) is 12.3 Å². The van der Waals surface area contributed by atoms with Crippen LogP contribution in [0.5, 0.6) is 0 Å². The molecule has 0 spiro atoms. The van der Waals surface area contributed by atoms with E-state index in [1.54, 1.807) is 13.8 Å². The highest BCUT2D eigenvalue weighted by Crippen LogP contribution is 2.07. The summed E-state index contributed by atoms with van der Waals surface area (Å²) in [6, 6.07) is -4.04. The van der Waals surface area contributed by atoms with Crippen LogP contribution >= 0.6 is 0 Å². The van der Waals surface area contributed by atoms with Crippen molar-refractivity contribution in [3.05, 3.63) is 0 Å². The van der Waals surface area contributed by atoms with Gasteiger partial charge >= 0.3 is 11.9 Å². The second kappa shape index (κ2) is 10.2. The zero-order valence-corrected chi connectivity index (χ0v) is 14.0. The van der Waals surface area contributed by atoms with Gasteiger partial charge in [-0.2, -0.15) is 0 Å². The fourth-order valence-electron chi connectivity index (χ4n) is 1.94. The molecule has 0 aliphatic carbocycles. The van der Waals surface area contributed by atoms with Gasteiger partial charge in [0, 0.05) is 0 Å². The molecule has 0 aliphatic heterocycles. The molecule has 0 heterocycles. The van der Waals surface area contributed by atoms with Gasteiger partial charge in [0.05, 0.1) is 18.9 Å². The molecule has 0 saturated carbocycles. The first-order valence-electron chi connectivity index (χ1n) is 7.53. The van der Waals surface area contributed by atoms with Gasteiger partial charge in [0.25, 0.3) is 0 Å². The molecule has 0 saturated heterocycles. The van der Waals surface area contributed by atoms with E-state index < -0.39 is 60.6 Å². The van der Waals surface area contributed by atoms with Crippen molar-refractivity contribution < 1.29 is 34.2 Å². The Labute approximate surface area is 144 Å². The van der Waals surface area contributed by atoms with E-state index in [4.69, 9.17) is 21.7 Å². The largest absolute Gasteiger partial charge is 0.481 e. The van der Waals surface area contributed by atoms with Crippen LogP contribution in [0.1, 0.15) is 33.1 Å². The standard InChI is InChI=1S/C14H24N4O7/c1-6(2)3-8(17-12(22)7(15)4-11(20)21)13(23)18-9(14(24)25)5-10(16)19/h6-9H,3-5,15H2,1-2H3,(H2,16,19)(H,17,22)(H,18,23)(H,20,21)(H,24,25). The molecule has 0 aliphatic rings. The summed E-state index contributed by atoms with van der Waals surface area (Å²) in [6.07, 6.45) is -1.08. The van der Waals surface area contributed by atoms with E-state index in [1.165, 1.54) is 0 Å². The molecule has 0 bridgehead atoms. The van der Waals surface area contributed by atoms with E-state index >= 15 is 0 Å². The second-order valence-corrected chi connectivity index (χ2v) is 5.96. The summed E-state index contributed by atoms with van der Waals surface area (Å²) in [6.45, 7) is 3.53. The predicted molar refractivity (Wildman–Crippen MR) is 85.0 cm³/mol. The number of carboxylic acid groups (broad SMARTS) is 2. The number of rotatable bonds is 11. The number of carboxylic acids is 2. The lowest BCUT2D eigenvalue weighted by molar-refractivity contribution is -0.144. The fourth-order valence-corrected chi connectivity index (χ4v) is 1.94. The van der Waals surface area contributed by atoms with Crippen LogP contribution in [-0.2, 0) is 24.0 Å².